The van der Waals surface area contributed by atoms with Crippen LogP contribution < -0.4 is 5.32 Å². The minimum atomic E-state index is -0.0696. The molecule has 0 radical (unpaired) electrons. The fourth-order valence-corrected chi connectivity index (χ4v) is 2.69. The first-order valence-electron chi connectivity index (χ1n) is 6.08. The van der Waals surface area contributed by atoms with Gasteiger partial charge in [0.05, 0.1) is 17.4 Å². The molecule has 3 nitrogen and oxygen atoms in total. The number of amides is 1. The highest BCUT2D eigenvalue weighted by Gasteiger charge is 2.11. The molecule has 4 heteroatoms. The molecule has 0 saturated carbocycles. The van der Waals surface area contributed by atoms with Crippen molar-refractivity contribution in [1.29, 1.82) is 5.26 Å². The van der Waals surface area contributed by atoms with E-state index in [1.165, 1.54) is 11.3 Å². The van der Waals surface area contributed by atoms with Crippen molar-refractivity contribution in [3.05, 3.63) is 51.7 Å². The molecule has 1 heterocycles. The van der Waals surface area contributed by atoms with E-state index in [2.05, 4.69) is 11.4 Å². The highest BCUT2D eigenvalue weighted by Crippen LogP contribution is 2.19. The number of nitrogens with zero attached hydrogens (tertiary/aromatic N) is 1. The average Bonchev–Trinajstić information content (AvgIpc) is 2.90. The van der Waals surface area contributed by atoms with E-state index in [4.69, 9.17) is 5.26 Å². The Labute approximate surface area is 116 Å². The molecule has 0 aliphatic carbocycles. The number of anilines is 1. The minimum absolute atomic E-state index is 0.0696. The van der Waals surface area contributed by atoms with E-state index in [1.54, 1.807) is 0 Å². The van der Waals surface area contributed by atoms with Crippen LogP contribution >= 0.6 is 11.3 Å². The van der Waals surface area contributed by atoms with E-state index in [0.29, 0.717) is 6.42 Å². The van der Waals surface area contributed by atoms with Crippen molar-refractivity contribution >= 4 is 22.9 Å². The van der Waals surface area contributed by atoms with Gasteiger partial charge in [-0.3, -0.25) is 4.79 Å². The molecule has 0 aliphatic heterocycles. The van der Waals surface area contributed by atoms with Crippen LogP contribution in [-0.2, 0) is 12.8 Å². The highest BCUT2D eigenvalue weighted by molar-refractivity contribution is 7.12. The first kappa shape index (κ1) is 13.3. The van der Waals surface area contributed by atoms with Crippen LogP contribution in [0.25, 0.3) is 0 Å². The molecule has 2 aromatic rings. The van der Waals surface area contributed by atoms with Gasteiger partial charge in [-0.15, -0.1) is 11.3 Å². The van der Waals surface area contributed by atoms with Crippen molar-refractivity contribution in [2.75, 3.05) is 5.32 Å². The molecule has 0 atom stereocenters. The van der Waals surface area contributed by atoms with Crippen LogP contribution in [0, 0.1) is 11.3 Å². The highest BCUT2D eigenvalue weighted by atomic mass is 32.1. The average molecular weight is 270 g/mol. The van der Waals surface area contributed by atoms with Crippen LogP contribution in [-0.4, -0.2) is 5.91 Å². The zero-order valence-corrected chi connectivity index (χ0v) is 11.5. The molecule has 96 valence electrons. The number of hydrogen-bond donors (Lipinski definition) is 1. The zero-order chi connectivity index (χ0) is 13.7. The lowest BCUT2D eigenvalue weighted by Gasteiger charge is -2.05. The number of nitriles is 1. The van der Waals surface area contributed by atoms with Gasteiger partial charge in [-0.25, -0.2) is 0 Å². The second-order valence-corrected chi connectivity index (χ2v) is 5.03. The Morgan fingerprint density at radius 1 is 1.32 bits per heavy atom. The van der Waals surface area contributed by atoms with E-state index in [9.17, 15) is 4.79 Å². The van der Waals surface area contributed by atoms with Crippen molar-refractivity contribution in [1.82, 2.24) is 0 Å². The van der Waals surface area contributed by atoms with Gasteiger partial charge in [-0.2, -0.15) is 5.26 Å². The van der Waals surface area contributed by atoms with Crippen molar-refractivity contribution in [3.63, 3.8) is 0 Å². The summed E-state index contributed by atoms with van der Waals surface area (Å²) >= 11 is 1.46. The maximum absolute atomic E-state index is 12.1. The number of aryl methyl sites for hydroxylation is 1. The molecule has 1 aromatic carbocycles. The molecular formula is C15H14N2OS. The maximum Gasteiger partial charge on any atom is 0.266 e. The van der Waals surface area contributed by atoms with Crippen molar-refractivity contribution < 1.29 is 4.79 Å². The standard InChI is InChI=1S/C15H14N2OS/c1-2-12-8-10-19-14(12)15(18)17-13-5-3-11(4-6-13)7-9-16/h3-6,8,10H,2,7H2,1H3,(H,17,18). The molecule has 0 fully saturated rings. The molecule has 0 unspecified atom stereocenters. The second-order valence-electron chi connectivity index (χ2n) is 4.11. The lowest BCUT2D eigenvalue weighted by Crippen LogP contribution is -2.11. The van der Waals surface area contributed by atoms with Crippen LogP contribution in [0.1, 0.15) is 27.7 Å². The number of carbonyl (C=O) groups excluding carboxylic acids is 1. The van der Waals surface area contributed by atoms with E-state index >= 15 is 0 Å². The maximum atomic E-state index is 12.1. The van der Waals surface area contributed by atoms with Gasteiger partial charge in [-0.05, 0) is 41.1 Å². The normalized spacial score (nSPS) is 9.89. The summed E-state index contributed by atoms with van der Waals surface area (Å²) in [6.45, 7) is 2.04. The van der Waals surface area contributed by atoms with Crippen molar-refractivity contribution in [2.24, 2.45) is 0 Å². The number of thiophene rings is 1. The third kappa shape index (κ3) is 3.21. The SMILES string of the molecule is CCc1ccsc1C(=O)Nc1ccc(CC#N)cc1. The van der Waals surface area contributed by atoms with E-state index < -0.39 is 0 Å². The Kier molecular flexibility index (Phi) is 4.32. The van der Waals surface area contributed by atoms with Crippen LogP contribution in [0.3, 0.4) is 0 Å². The first-order chi connectivity index (χ1) is 9.24. The lowest BCUT2D eigenvalue weighted by molar-refractivity contribution is 0.103. The van der Waals surface area contributed by atoms with E-state index in [0.717, 1.165) is 28.1 Å². The monoisotopic (exact) mass is 270 g/mol. The number of nitrogens with one attached hydrogen (secondary N) is 1. The van der Waals surface area contributed by atoms with E-state index in [-0.39, 0.29) is 5.91 Å². The number of carbonyl (C=O) groups is 1. The third-order valence-electron chi connectivity index (χ3n) is 2.83. The fraction of sp³-hybridized carbons (Fsp3) is 0.200. The molecule has 0 bridgehead atoms. The number of rotatable bonds is 4. The summed E-state index contributed by atoms with van der Waals surface area (Å²) in [4.78, 5) is 12.9. The quantitative estimate of drug-likeness (QED) is 0.922. The number of benzene rings is 1. The molecular weight excluding hydrogens is 256 g/mol. The van der Waals surface area contributed by atoms with Gasteiger partial charge in [0.1, 0.15) is 0 Å². The topological polar surface area (TPSA) is 52.9 Å². The van der Waals surface area contributed by atoms with Gasteiger partial charge in [-0.1, -0.05) is 19.1 Å². The number of hydrogen-bond acceptors (Lipinski definition) is 3. The molecule has 1 N–H and O–H groups in total. The summed E-state index contributed by atoms with van der Waals surface area (Å²) in [6.07, 6.45) is 1.24. The van der Waals surface area contributed by atoms with Gasteiger partial charge in [0.2, 0.25) is 0 Å². The Morgan fingerprint density at radius 3 is 2.68 bits per heavy atom. The Morgan fingerprint density at radius 2 is 2.05 bits per heavy atom. The Balaban J connectivity index is 2.09. The summed E-state index contributed by atoms with van der Waals surface area (Å²) in [6, 6.07) is 11.4. The summed E-state index contributed by atoms with van der Waals surface area (Å²) in [5.74, 6) is -0.0696. The van der Waals surface area contributed by atoms with Gasteiger partial charge in [0.25, 0.3) is 5.91 Å². The fourth-order valence-electron chi connectivity index (χ4n) is 1.80. The van der Waals surface area contributed by atoms with Crippen molar-refractivity contribution in [2.45, 2.75) is 19.8 Å². The smallest absolute Gasteiger partial charge is 0.266 e. The second kappa shape index (κ2) is 6.17. The van der Waals surface area contributed by atoms with Crippen LogP contribution in [0.2, 0.25) is 0 Å². The molecule has 19 heavy (non-hydrogen) atoms. The van der Waals surface area contributed by atoms with Gasteiger partial charge < -0.3 is 5.32 Å². The summed E-state index contributed by atoms with van der Waals surface area (Å²) in [5.41, 5.74) is 2.77. The molecule has 0 spiro atoms. The Hall–Kier alpha value is -2.12. The largest absolute Gasteiger partial charge is 0.321 e. The van der Waals surface area contributed by atoms with Crippen LogP contribution in [0.4, 0.5) is 5.69 Å². The summed E-state index contributed by atoms with van der Waals surface area (Å²) < 4.78 is 0. The van der Waals surface area contributed by atoms with Gasteiger partial charge in [0, 0.05) is 5.69 Å². The van der Waals surface area contributed by atoms with Crippen LogP contribution in [0.15, 0.2) is 35.7 Å². The molecule has 1 amide bonds. The van der Waals surface area contributed by atoms with Crippen LogP contribution in [0.5, 0.6) is 0 Å². The van der Waals surface area contributed by atoms with Gasteiger partial charge in [0.15, 0.2) is 0 Å². The van der Waals surface area contributed by atoms with E-state index in [1.807, 2.05) is 42.6 Å². The van der Waals surface area contributed by atoms with Crippen molar-refractivity contribution in [3.8, 4) is 6.07 Å². The van der Waals surface area contributed by atoms with Gasteiger partial charge >= 0.3 is 0 Å². The zero-order valence-electron chi connectivity index (χ0n) is 10.6. The molecule has 1 aromatic heterocycles. The predicted octanol–water partition coefficient (Wildman–Crippen LogP) is 3.63. The molecule has 0 aliphatic rings. The summed E-state index contributed by atoms with van der Waals surface area (Å²) in [7, 11) is 0. The lowest BCUT2D eigenvalue weighted by atomic mass is 10.1. The first-order valence-corrected chi connectivity index (χ1v) is 6.96. The summed E-state index contributed by atoms with van der Waals surface area (Å²) in [5, 5.41) is 13.4. The predicted molar refractivity (Wildman–Crippen MR) is 77.4 cm³/mol. The Bertz CT molecular complexity index is 608. The third-order valence-corrected chi connectivity index (χ3v) is 3.78. The molecule has 2 rings (SSSR count). The minimum Gasteiger partial charge on any atom is -0.321 e. The molecule has 0 saturated heterocycles.